The van der Waals surface area contributed by atoms with Crippen LogP contribution >= 0.6 is 11.6 Å². The molecule has 0 aliphatic rings. The number of aliphatic hydroxyl groups is 1. The summed E-state index contributed by atoms with van der Waals surface area (Å²) in [5.41, 5.74) is 1.14. The zero-order valence-electron chi connectivity index (χ0n) is 10.7. The number of hydrogen-bond donors (Lipinski definition) is 1. The quantitative estimate of drug-likeness (QED) is 0.912. The number of aromatic nitrogens is 2. The molecule has 0 saturated heterocycles. The standard InChI is InChI=1S/C14H14ClN3O2/c15-13-9-16-8-12(17-13)14(20)18(6-7-19)10-11-4-2-1-3-5-11/h1-5,8-9,19H,6-7,10H2. The Morgan fingerprint density at radius 1 is 1.25 bits per heavy atom. The molecule has 0 bridgehead atoms. The molecule has 1 heterocycles. The van der Waals surface area contributed by atoms with Crippen LogP contribution in [0.15, 0.2) is 42.7 Å². The summed E-state index contributed by atoms with van der Waals surface area (Å²) in [6, 6.07) is 9.54. The molecule has 1 amide bonds. The van der Waals surface area contributed by atoms with E-state index < -0.39 is 0 Å². The van der Waals surface area contributed by atoms with Crippen molar-refractivity contribution in [2.45, 2.75) is 6.54 Å². The highest BCUT2D eigenvalue weighted by molar-refractivity contribution is 6.29. The Labute approximate surface area is 121 Å². The van der Waals surface area contributed by atoms with Crippen molar-refractivity contribution in [1.82, 2.24) is 14.9 Å². The average molecular weight is 292 g/mol. The van der Waals surface area contributed by atoms with Gasteiger partial charge in [0.15, 0.2) is 0 Å². The number of rotatable bonds is 5. The van der Waals surface area contributed by atoms with Crippen molar-refractivity contribution in [3.8, 4) is 0 Å². The molecule has 0 atom stereocenters. The molecule has 2 rings (SSSR count). The fourth-order valence-electron chi connectivity index (χ4n) is 1.78. The lowest BCUT2D eigenvalue weighted by atomic mass is 10.2. The van der Waals surface area contributed by atoms with E-state index in [9.17, 15) is 4.79 Å². The van der Waals surface area contributed by atoms with Crippen molar-refractivity contribution >= 4 is 17.5 Å². The highest BCUT2D eigenvalue weighted by Gasteiger charge is 2.17. The van der Waals surface area contributed by atoms with Gasteiger partial charge in [-0.2, -0.15) is 0 Å². The Kier molecular flexibility index (Phi) is 5.03. The second kappa shape index (κ2) is 6.98. The van der Waals surface area contributed by atoms with E-state index >= 15 is 0 Å². The van der Waals surface area contributed by atoms with Crippen LogP contribution in [-0.4, -0.2) is 39.0 Å². The van der Waals surface area contributed by atoms with Crippen LogP contribution in [0.5, 0.6) is 0 Å². The van der Waals surface area contributed by atoms with Gasteiger partial charge in [0.2, 0.25) is 0 Å². The molecule has 6 heteroatoms. The molecule has 0 aliphatic carbocycles. The molecular formula is C14H14ClN3O2. The fourth-order valence-corrected chi connectivity index (χ4v) is 1.93. The Bertz CT molecular complexity index is 578. The predicted molar refractivity (Wildman–Crippen MR) is 75.3 cm³/mol. The predicted octanol–water partition coefficient (Wildman–Crippen LogP) is 1.76. The minimum absolute atomic E-state index is 0.118. The summed E-state index contributed by atoms with van der Waals surface area (Å²) < 4.78 is 0. The van der Waals surface area contributed by atoms with E-state index in [0.29, 0.717) is 6.54 Å². The van der Waals surface area contributed by atoms with Crippen molar-refractivity contribution in [2.75, 3.05) is 13.2 Å². The lowest BCUT2D eigenvalue weighted by Gasteiger charge is -2.21. The molecule has 104 valence electrons. The van der Waals surface area contributed by atoms with Gasteiger partial charge in [0.25, 0.3) is 5.91 Å². The maximum Gasteiger partial charge on any atom is 0.274 e. The summed E-state index contributed by atoms with van der Waals surface area (Å²) in [7, 11) is 0. The van der Waals surface area contributed by atoms with Gasteiger partial charge in [0.05, 0.1) is 19.0 Å². The monoisotopic (exact) mass is 291 g/mol. The first-order valence-electron chi connectivity index (χ1n) is 6.12. The Balaban J connectivity index is 2.18. The van der Waals surface area contributed by atoms with E-state index in [4.69, 9.17) is 16.7 Å². The molecular weight excluding hydrogens is 278 g/mol. The molecule has 0 spiro atoms. The largest absolute Gasteiger partial charge is 0.395 e. The molecule has 0 saturated carbocycles. The van der Waals surface area contributed by atoms with Crippen molar-refractivity contribution in [3.05, 3.63) is 59.1 Å². The first-order valence-corrected chi connectivity index (χ1v) is 6.50. The van der Waals surface area contributed by atoms with Gasteiger partial charge in [0, 0.05) is 13.1 Å². The van der Waals surface area contributed by atoms with Crippen LogP contribution in [0.3, 0.4) is 0 Å². The minimum Gasteiger partial charge on any atom is -0.395 e. The summed E-state index contributed by atoms with van der Waals surface area (Å²) >= 11 is 5.74. The van der Waals surface area contributed by atoms with E-state index in [1.165, 1.54) is 17.3 Å². The Morgan fingerprint density at radius 2 is 2.00 bits per heavy atom. The van der Waals surface area contributed by atoms with E-state index in [2.05, 4.69) is 9.97 Å². The number of carbonyl (C=O) groups excluding carboxylic acids is 1. The lowest BCUT2D eigenvalue weighted by molar-refractivity contribution is 0.0701. The van der Waals surface area contributed by atoms with E-state index in [0.717, 1.165) is 5.56 Å². The number of nitrogens with zero attached hydrogens (tertiary/aromatic N) is 3. The Morgan fingerprint density at radius 3 is 2.65 bits per heavy atom. The third-order valence-corrected chi connectivity index (χ3v) is 2.88. The normalized spacial score (nSPS) is 10.3. The summed E-state index contributed by atoms with van der Waals surface area (Å²) in [4.78, 5) is 21.7. The van der Waals surface area contributed by atoms with Gasteiger partial charge in [-0.3, -0.25) is 9.78 Å². The van der Waals surface area contributed by atoms with Gasteiger partial charge in [-0.25, -0.2) is 4.98 Å². The Hall–Kier alpha value is -1.98. The van der Waals surface area contributed by atoms with Crippen molar-refractivity contribution in [1.29, 1.82) is 0 Å². The van der Waals surface area contributed by atoms with Crippen LogP contribution in [0, 0.1) is 0 Å². The number of halogens is 1. The summed E-state index contributed by atoms with van der Waals surface area (Å²) in [5, 5.41) is 9.28. The average Bonchev–Trinajstić information content (AvgIpc) is 2.47. The molecule has 1 N–H and O–H groups in total. The number of aliphatic hydroxyl groups excluding tert-OH is 1. The maximum absolute atomic E-state index is 12.3. The highest BCUT2D eigenvalue weighted by Crippen LogP contribution is 2.10. The SMILES string of the molecule is O=C(c1cncc(Cl)n1)N(CCO)Cc1ccccc1. The number of benzene rings is 1. The van der Waals surface area contributed by atoms with Crippen LogP contribution in [-0.2, 0) is 6.54 Å². The van der Waals surface area contributed by atoms with Gasteiger partial charge in [-0.1, -0.05) is 41.9 Å². The molecule has 1 aromatic heterocycles. The van der Waals surface area contributed by atoms with Gasteiger partial charge in [-0.15, -0.1) is 0 Å². The van der Waals surface area contributed by atoms with Gasteiger partial charge in [-0.05, 0) is 5.56 Å². The molecule has 1 aromatic carbocycles. The van der Waals surface area contributed by atoms with E-state index in [1.54, 1.807) is 0 Å². The van der Waals surface area contributed by atoms with E-state index in [1.807, 2.05) is 30.3 Å². The number of amides is 1. The minimum atomic E-state index is -0.307. The molecule has 5 nitrogen and oxygen atoms in total. The smallest absolute Gasteiger partial charge is 0.274 e. The topological polar surface area (TPSA) is 66.3 Å². The van der Waals surface area contributed by atoms with E-state index in [-0.39, 0.29) is 29.9 Å². The molecule has 0 unspecified atom stereocenters. The summed E-state index contributed by atoms with van der Waals surface area (Å²) in [5.74, 6) is -0.307. The number of hydrogen-bond acceptors (Lipinski definition) is 4. The van der Waals surface area contributed by atoms with Gasteiger partial charge < -0.3 is 10.0 Å². The second-order valence-electron chi connectivity index (χ2n) is 4.16. The first kappa shape index (κ1) is 14.4. The van der Waals surface area contributed by atoms with Crippen molar-refractivity contribution in [3.63, 3.8) is 0 Å². The van der Waals surface area contributed by atoms with Crippen LogP contribution < -0.4 is 0 Å². The zero-order valence-corrected chi connectivity index (χ0v) is 11.5. The third-order valence-electron chi connectivity index (χ3n) is 2.70. The molecule has 0 fully saturated rings. The lowest BCUT2D eigenvalue weighted by Crippen LogP contribution is -2.33. The third kappa shape index (κ3) is 3.76. The number of carbonyl (C=O) groups is 1. The molecule has 2 aromatic rings. The second-order valence-corrected chi connectivity index (χ2v) is 4.55. The molecule has 20 heavy (non-hydrogen) atoms. The van der Waals surface area contributed by atoms with Crippen LogP contribution in [0.25, 0.3) is 0 Å². The summed E-state index contributed by atoms with van der Waals surface area (Å²) in [6.07, 6.45) is 2.73. The fraction of sp³-hybridized carbons (Fsp3) is 0.214. The van der Waals surface area contributed by atoms with Crippen molar-refractivity contribution < 1.29 is 9.90 Å². The van der Waals surface area contributed by atoms with Crippen LogP contribution in [0.1, 0.15) is 16.1 Å². The van der Waals surface area contributed by atoms with Crippen LogP contribution in [0.4, 0.5) is 0 Å². The summed E-state index contributed by atoms with van der Waals surface area (Å²) in [6.45, 7) is 0.503. The zero-order chi connectivity index (χ0) is 14.4. The van der Waals surface area contributed by atoms with Crippen LogP contribution in [0.2, 0.25) is 5.15 Å². The molecule has 0 aliphatic heterocycles. The first-order chi connectivity index (χ1) is 9.70. The van der Waals surface area contributed by atoms with Crippen molar-refractivity contribution in [2.24, 2.45) is 0 Å². The highest BCUT2D eigenvalue weighted by atomic mass is 35.5. The van der Waals surface area contributed by atoms with Gasteiger partial charge in [0.1, 0.15) is 10.8 Å². The van der Waals surface area contributed by atoms with Gasteiger partial charge >= 0.3 is 0 Å². The molecule has 0 radical (unpaired) electrons. The maximum atomic E-state index is 12.3.